The van der Waals surface area contributed by atoms with Crippen molar-refractivity contribution < 1.29 is 4.79 Å². The van der Waals surface area contributed by atoms with E-state index in [1.165, 1.54) is 11.8 Å². The van der Waals surface area contributed by atoms with Crippen LogP contribution in [0.3, 0.4) is 0 Å². The molecule has 0 aromatic carbocycles. The standard InChI is InChI=1S/C4H5ClOS/c5-3-1-2-7-4(3)6/h3H,1-2H2/t3-/m0/s1. The van der Waals surface area contributed by atoms with Crippen molar-refractivity contribution in [1.82, 2.24) is 0 Å². The molecule has 3 heteroatoms. The summed E-state index contributed by atoms with van der Waals surface area (Å²) in [5.41, 5.74) is 0. The maximum absolute atomic E-state index is 10.4. The number of alkyl halides is 1. The van der Waals surface area contributed by atoms with E-state index in [2.05, 4.69) is 0 Å². The van der Waals surface area contributed by atoms with Gasteiger partial charge in [-0.2, -0.15) is 0 Å². The van der Waals surface area contributed by atoms with Crippen molar-refractivity contribution in [1.29, 1.82) is 0 Å². The molecule has 1 fully saturated rings. The lowest BCUT2D eigenvalue weighted by molar-refractivity contribution is -0.110. The summed E-state index contributed by atoms with van der Waals surface area (Å²) < 4.78 is 0. The first-order chi connectivity index (χ1) is 3.30. The highest BCUT2D eigenvalue weighted by molar-refractivity contribution is 8.14. The van der Waals surface area contributed by atoms with Gasteiger partial charge >= 0.3 is 0 Å². The van der Waals surface area contributed by atoms with Crippen molar-refractivity contribution >= 4 is 28.5 Å². The molecule has 0 aromatic rings. The van der Waals surface area contributed by atoms with Crippen LogP contribution in [0, 0.1) is 0 Å². The molecule has 1 heterocycles. The molecule has 0 aromatic heterocycles. The van der Waals surface area contributed by atoms with Gasteiger partial charge in [-0.15, -0.1) is 11.6 Å². The van der Waals surface area contributed by atoms with Gasteiger partial charge in [-0.1, -0.05) is 11.8 Å². The molecule has 1 atom stereocenters. The molecule has 1 aliphatic heterocycles. The van der Waals surface area contributed by atoms with Gasteiger partial charge in [0.15, 0.2) is 0 Å². The van der Waals surface area contributed by atoms with E-state index in [0.29, 0.717) is 0 Å². The van der Waals surface area contributed by atoms with Crippen LogP contribution in [0.4, 0.5) is 0 Å². The Hall–Kier alpha value is 0.310. The van der Waals surface area contributed by atoms with Gasteiger partial charge in [0.25, 0.3) is 0 Å². The fraction of sp³-hybridized carbons (Fsp3) is 0.750. The average molecular weight is 137 g/mol. The van der Waals surface area contributed by atoms with Crippen LogP contribution >= 0.6 is 23.4 Å². The molecule has 40 valence electrons. The number of carbonyl (C=O) groups excluding carboxylic acids is 1. The van der Waals surface area contributed by atoms with E-state index in [0.717, 1.165) is 12.2 Å². The van der Waals surface area contributed by atoms with Crippen molar-refractivity contribution in [3.8, 4) is 0 Å². The summed E-state index contributed by atoms with van der Waals surface area (Å²) in [4.78, 5) is 10.4. The van der Waals surface area contributed by atoms with Gasteiger partial charge in [0.05, 0.1) is 0 Å². The molecule has 0 amide bonds. The summed E-state index contributed by atoms with van der Waals surface area (Å²) in [6, 6.07) is 0. The van der Waals surface area contributed by atoms with Crippen molar-refractivity contribution in [3.63, 3.8) is 0 Å². The number of halogens is 1. The largest absolute Gasteiger partial charge is 0.286 e. The van der Waals surface area contributed by atoms with E-state index in [1.807, 2.05) is 0 Å². The SMILES string of the molecule is O=C1SCC[C@@H]1Cl. The van der Waals surface area contributed by atoms with Crippen LogP contribution in [0.25, 0.3) is 0 Å². The van der Waals surface area contributed by atoms with Crippen LogP contribution in [0.15, 0.2) is 0 Å². The molecule has 7 heavy (non-hydrogen) atoms. The van der Waals surface area contributed by atoms with E-state index in [4.69, 9.17) is 11.6 Å². The molecule has 1 aliphatic rings. The highest BCUT2D eigenvalue weighted by atomic mass is 35.5. The zero-order valence-corrected chi connectivity index (χ0v) is 5.26. The monoisotopic (exact) mass is 136 g/mol. The van der Waals surface area contributed by atoms with Gasteiger partial charge < -0.3 is 0 Å². The number of thioether (sulfide) groups is 1. The first kappa shape index (κ1) is 5.45. The normalized spacial score (nSPS) is 31.6. The molecular formula is C4H5ClOS. The minimum absolute atomic E-state index is 0.140. The Morgan fingerprint density at radius 1 is 1.86 bits per heavy atom. The van der Waals surface area contributed by atoms with Gasteiger partial charge in [-0.3, -0.25) is 4.79 Å². The first-order valence-electron chi connectivity index (χ1n) is 2.11. The fourth-order valence-electron chi connectivity index (χ4n) is 0.471. The average Bonchev–Trinajstić information content (AvgIpc) is 1.91. The summed E-state index contributed by atoms with van der Waals surface area (Å²) in [5, 5.41) is -0.0494. The Labute approximate surface area is 51.4 Å². The second-order valence-corrected chi connectivity index (χ2v) is 3.05. The van der Waals surface area contributed by atoms with Crippen molar-refractivity contribution in [3.05, 3.63) is 0 Å². The van der Waals surface area contributed by atoms with Crippen molar-refractivity contribution in [2.24, 2.45) is 0 Å². The topological polar surface area (TPSA) is 17.1 Å². The van der Waals surface area contributed by atoms with E-state index >= 15 is 0 Å². The summed E-state index contributed by atoms with van der Waals surface area (Å²) in [6.45, 7) is 0. The summed E-state index contributed by atoms with van der Waals surface area (Å²) in [6.07, 6.45) is 0.852. The Balaban J connectivity index is 2.48. The predicted molar refractivity (Wildman–Crippen MR) is 31.7 cm³/mol. The zero-order valence-electron chi connectivity index (χ0n) is 3.69. The second-order valence-electron chi connectivity index (χ2n) is 1.42. The van der Waals surface area contributed by atoms with Crippen LogP contribution in [0.1, 0.15) is 6.42 Å². The molecule has 1 nitrogen and oxygen atoms in total. The predicted octanol–water partition coefficient (Wildman–Crippen LogP) is 1.26. The number of hydrogen-bond acceptors (Lipinski definition) is 2. The van der Waals surface area contributed by atoms with Crippen molar-refractivity contribution in [2.45, 2.75) is 11.8 Å². The van der Waals surface area contributed by atoms with E-state index in [-0.39, 0.29) is 10.5 Å². The lowest BCUT2D eigenvalue weighted by Crippen LogP contribution is -2.00. The lowest BCUT2D eigenvalue weighted by Gasteiger charge is -1.86. The third kappa shape index (κ3) is 1.10. The molecule has 0 saturated carbocycles. The Bertz CT molecular complexity index is 93.7. The molecule has 0 N–H and O–H groups in total. The minimum atomic E-state index is -0.190. The number of carbonyl (C=O) groups is 1. The maximum atomic E-state index is 10.4. The van der Waals surface area contributed by atoms with Gasteiger partial charge in [-0.25, -0.2) is 0 Å². The molecule has 0 unspecified atom stereocenters. The first-order valence-corrected chi connectivity index (χ1v) is 3.53. The molecular weight excluding hydrogens is 132 g/mol. The highest BCUT2D eigenvalue weighted by Crippen LogP contribution is 2.23. The second kappa shape index (κ2) is 2.05. The van der Waals surface area contributed by atoms with Crippen molar-refractivity contribution in [2.75, 3.05) is 5.75 Å². The summed E-state index contributed by atoms with van der Waals surface area (Å²) in [5.74, 6) is 0.910. The fourth-order valence-corrected chi connectivity index (χ4v) is 1.75. The van der Waals surface area contributed by atoms with Gasteiger partial charge in [0.1, 0.15) is 5.38 Å². The molecule has 0 radical (unpaired) electrons. The van der Waals surface area contributed by atoms with E-state index in [1.54, 1.807) is 0 Å². The Kier molecular flexibility index (Phi) is 1.60. The van der Waals surface area contributed by atoms with Crippen LogP contribution in [-0.4, -0.2) is 16.2 Å². The maximum Gasteiger partial charge on any atom is 0.206 e. The Morgan fingerprint density at radius 3 is 2.71 bits per heavy atom. The minimum Gasteiger partial charge on any atom is -0.286 e. The smallest absolute Gasteiger partial charge is 0.206 e. The van der Waals surface area contributed by atoms with Crippen LogP contribution < -0.4 is 0 Å². The van der Waals surface area contributed by atoms with E-state index < -0.39 is 0 Å². The highest BCUT2D eigenvalue weighted by Gasteiger charge is 2.21. The van der Waals surface area contributed by atoms with Crippen LogP contribution in [-0.2, 0) is 4.79 Å². The number of hydrogen-bond donors (Lipinski definition) is 0. The molecule has 0 bridgehead atoms. The third-order valence-corrected chi connectivity index (χ3v) is 2.43. The van der Waals surface area contributed by atoms with Gasteiger partial charge in [0.2, 0.25) is 5.12 Å². The van der Waals surface area contributed by atoms with Gasteiger partial charge in [-0.05, 0) is 6.42 Å². The Morgan fingerprint density at radius 2 is 2.57 bits per heavy atom. The molecule has 1 saturated heterocycles. The van der Waals surface area contributed by atoms with Gasteiger partial charge in [0, 0.05) is 5.75 Å². The lowest BCUT2D eigenvalue weighted by atomic mass is 10.4. The summed E-state index contributed by atoms with van der Waals surface area (Å²) >= 11 is 6.83. The van der Waals surface area contributed by atoms with Crippen LogP contribution in [0.2, 0.25) is 0 Å². The molecule has 0 spiro atoms. The zero-order chi connectivity index (χ0) is 5.28. The summed E-state index contributed by atoms with van der Waals surface area (Å²) in [7, 11) is 0. The quantitative estimate of drug-likeness (QED) is 0.467. The third-order valence-electron chi connectivity index (χ3n) is 0.871. The van der Waals surface area contributed by atoms with E-state index in [9.17, 15) is 4.79 Å². The molecule has 0 aliphatic carbocycles. The van der Waals surface area contributed by atoms with Crippen LogP contribution in [0.5, 0.6) is 0 Å². The number of rotatable bonds is 0. The molecule has 1 rings (SSSR count).